The van der Waals surface area contributed by atoms with Gasteiger partial charge < -0.3 is 5.32 Å². The summed E-state index contributed by atoms with van der Waals surface area (Å²) in [6.45, 7) is 3.83. The van der Waals surface area contributed by atoms with Gasteiger partial charge in [-0.15, -0.1) is 0 Å². The molecule has 0 fully saturated rings. The van der Waals surface area contributed by atoms with Crippen LogP contribution in [-0.4, -0.2) is 0 Å². The lowest BCUT2D eigenvalue weighted by Crippen LogP contribution is -2.03. The molecule has 1 aromatic carbocycles. The van der Waals surface area contributed by atoms with E-state index >= 15 is 0 Å². The molecule has 19 heavy (non-hydrogen) atoms. The number of hydrogen-bond acceptors (Lipinski definition) is 4. The van der Waals surface area contributed by atoms with Gasteiger partial charge in [0.2, 0.25) is 0 Å². The number of nitrogens with zero attached hydrogens (tertiary/aromatic N) is 3. The summed E-state index contributed by atoms with van der Waals surface area (Å²) in [5.41, 5.74) is 2.28. The molecule has 6 heteroatoms. The van der Waals surface area contributed by atoms with Crippen LogP contribution in [0, 0.1) is 47.8 Å². The quantitative estimate of drug-likeness (QED) is 0.785. The third kappa shape index (κ3) is 3.15. The van der Waals surface area contributed by atoms with Gasteiger partial charge in [-0.3, -0.25) is 0 Å². The largest absolute Gasteiger partial charge is 0.344 e. The Bertz CT molecular complexity index is 669. The van der Waals surface area contributed by atoms with Crippen LogP contribution in [0.5, 0.6) is 0 Å². The predicted molar refractivity (Wildman–Crippen MR) is 78.8 cm³/mol. The fraction of sp³-hybridized carbons (Fsp3) is 0.154. The SMILES string of the molecule is Cc1cc(NC(C#N)=C(C#N)C#N)c(Br)c(C)c1Br. The van der Waals surface area contributed by atoms with Crippen LogP contribution in [0.4, 0.5) is 5.69 Å². The molecule has 0 amide bonds. The molecule has 0 aliphatic rings. The van der Waals surface area contributed by atoms with Crippen LogP contribution < -0.4 is 5.32 Å². The third-order valence-electron chi connectivity index (χ3n) is 2.45. The maximum atomic E-state index is 9.01. The number of benzene rings is 1. The Morgan fingerprint density at radius 1 is 1.05 bits per heavy atom. The number of allylic oxidation sites excluding steroid dienone is 2. The van der Waals surface area contributed by atoms with E-state index in [-0.39, 0.29) is 11.3 Å². The first-order valence-corrected chi connectivity index (χ1v) is 6.71. The fourth-order valence-corrected chi connectivity index (χ4v) is 2.44. The molecule has 0 radical (unpaired) electrons. The minimum atomic E-state index is -0.243. The molecule has 1 aromatic rings. The average molecular weight is 380 g/mol. The predicted octanol–water partition coefficient (Wildman–Crippen LogP) is 4.07. The molecule has 0 bridgehead atoms. The number of rotatable bonds is 2. The summed E-state index contributed by atoms with van der Waals surface area (Å²) in [5, 5.41) is 29.4. The van der Waals surface area contributed by atoms with Crippen molar-refractivity contribution in [2.45, 2.75) is 13.8 Å². The van der Waals surface area contributed by atoms with Crippen molar-refractivity contribution in [3.8, 4) is 18.2 Å². The molecule has 0 heterocycles. The summed E-state index contributed by atoms with van der Waals surface area (Å²) in [5.74, 6) is 0. The first-order valence-electron chi connectivity index (χ1n) is 5.13. The lowest BCUT2D eigenvalue weighted by Gasteiger charge is -2.13. The van der Waals surface area contributed by atoms with Gasteiger partial charge >= 0.3 is 0 Å². The lowest BCUT2D eigenvalue weighted by molar-refractivity contribution is 1.29. The third-order valence-corrected chi connectivity index (χ3v) is 4.69. The molecule has 0 aliphatic carbocycles. The number of nitriles is 3. The number of hydrogen-bond donors (Lipinski definition) is 1. The molecular weight excluding hydrogens is 372 g/mol. The van der Waals surface area contributed by atoms with E-state index in [1.54, 1.807) is 12.1 Å². The second-order valence-corrected chi connectivity index (χ2v) is 5.29. The maximum Gasteiger partial charge on any atom is 0.163 e. The molecule has 0 atom stereocenters. The van der Waals surface area contributed by atoms with Crippen molar-refractivity contribution in [2.75, 3.05) is 5.32 Å². The first kappa shape index (κ1) is 15.2. The topological polar surface area (TPSA) is 83.4 Å². The van der Waals surface area contributed by atoms with E-state index < -0.39 is 0 Å². The highest BCUT2D eigenvalue weighted by Gasteiger charge is 2.12. The zero-order valence-electron chi connectivity index (χ0n) is 10.2. The van der Waals surface area contributed by atoms with Gasteiger partial charge in [0, 0.05) is 8.95 Å². The molecule has 0 spiro atoms. The van der Waals surface area contributed by atoms with Gasteiger partial charge in [0.15, 0.2) is 5.57 Å². The lowest BCUT2D eigenvalue weighted by atomic mass is 10.1. The van der Waals surface area contributed by atoms with Crippen molar-refractivity contribution < 1.29 is 0 Å². The van der Waals surface area contributed by atoms with Crippen molar-refractivity contribution in [2.24, 2.45) is 0 Å². The first-order chi connectivity index (χ1) is 8.96. The smallest absolute Gasteiger partial charge is 0.163 e. The summed E-state index contributed by atoms with van der Waals surface area (Å²) in [7, 11) is 0. The van der Waals surface area contributed by atoms with Gasteiger partial charge in [0.05, 0.1) is 5.69 Å². The van der Waals surface area contributed by atoms with E-state index in [0.29, 0.717) is 5.69 Å². The highest BCUT2D eigenvalue weighted by molar-refractivity contribution is 9.11. The normalized spacial score (nSPS) is 8.89. The van der Waals surface area contributed by atoms with Crippen molar-refractivity contribution in [1.29, 1.82) is 15.8 Å². The monoisotopic (exact) mass is 378 g/mol. The van der Waals surface area contributed by atoms with E-state index in [2.05, 4.69) is 37.2 Å². The molecule has 94 valence electrons. The molecule has 4 nitrogen and oxygen atoms in total. The highest BCUT2D eigenvalue weighted by atomic mass is 79.9. The summed E-state index contributed by atoms with van der Waals surface area (Å²) in [6, 6.07) is 7.03. The molecule has 0 saturated carbocycles. The standard InChI is InChI=1S/C13H8Br2N4/c1-7-3-10(13(15)8(2)12(7)14)19-11(6-18)9(4-16)5-17/h3,19H,1-2H3. The van der Waals surface area contributed by atoms with E-state index in [4.69, 9.17) is 15.8 Å². The van der Waals surface area contributed by atoms with Gasteiger partial charge in [0.25, 0.3) is 0 Å². The van der Waals surface area contributed by atoms with Gasteiger partial charge in [0.1, 0.15) is 23.9 Å². The van der Waals surface area contributed by atoms with Crippen molar-refractivity contribution in [3.63, 3.8) is 0 Å². The van der Waals surface area contributed by atoms with Gasteiger partial charge in [-0.1, -0.05) is 15.9 Å². The van der Waals surface area contributed by atoms with Crippen molar-refractivity contribution >= 4 is 37.5 Å². The van der Waals surface area contributed by atoms with E-state index in [0.717, 1.165) is 20.1 Å². The van der Waals surface area contributed by atoms with E-state index in [1.807, 2.05) is 26.0 Å². The molecule has 1 rings (SSSR count). The van der Waals surface area contributed by atoms with Crippen LogP contribution in [0.3, 0.4) is 0 Å². The Kier molecular flexibility index (Phi) is 5.12. The zero-order chi connectivity index (χ0) is 14.6. The number of aryl methyl sites for hydroxylation is 1. The second kappa shape index (κ2) is 6.38. The average Bonchev–Trinajstić information content (AvgIpc) is 2.42. The number of halogens is 2. The van der Waals surface area contributed by atoms with Crippen molar-refractivity contribution in [1.82, 2.24) is 0 Å². The molecule has 0 unspecified atom stereocenters. The van der Waals surface area contributed by atoms with Crippen LogP contribution in [0.25, 0.3) is 0 Å². The Morgan fingerprint density at radius 2 is 1.63 bits per heavy atom. The Labute approximate surface area is 128 Å². The zero-order valence-corrected chi connectivity index (χ0v) is 13.3. The Hall–Kier alpha value is -1.81. The van der Waals surface area contributed by atoms with E-state index in [9.17, 15) is 0 Å². The summed E-state index contributed by atoms with van der Waals surface area (Å²) in [6.07, 6.45) is 0. The molecule has 0 aliphatic heterocycles. The molecule has 0 aromatic heterocycles. The summed E-state index contributed by atoms with van der Waals surface area (Å²) < 4.78 is 1.74. The summed E-state index contributed by atoms with van der Waals surface area (Å²) in [4.78, 5) is 0. The number of nitrogens with one attached hydrogen (secondary N) is 1. The van der Waals surface area contributed by atoms with Crippen LogP contribution >= 0.6 is 31.9 Å². The van der Waals surface area contributed by atoms with E-state index in [1.165, 1.54) is 0 Å². The Balaban J connectivity index is 3.38. The fourth-order valence-electron chi connectivity index (χ4n) is 1.45. The molecule has 0 saturated heterocycles. The van der Waals surface area contributed by atoms with Crippen LogP contribution in [0.2, 0.25) is 0 Å². The minimum Gasteiger partial charge on any atom is -0.344 e. The van der Waals surface area contributed by atoms with Crippen LogP contribution in [0.1, 0.15) is 11.1 Å². The second-order valence-electron chi connectivity index (χ2n) is 3.70. The molecular formula is C13H8Br2N4. The van der Waals surface area contributed by atoms with Crippen molar-refractivity contribution in [3.05, 3.63) is 37.4 Å². The van der Waals surface area contributed by atoms with Crippen LogP contribution in [-0.2, 0) is 0 Å². The number of anilines is 1. The summed E-state index contributed by atoms with van der Waals surface area (Å²) >= 11 is 6.89. The van der Waals surface area contributed by atoms with Gasteiger partial charge in [-0.05, 0) is 47.0 Å². The maximum absolute atomic E-state index is 9.01. The van der Waals surface area contributed by atoms with Gasteiger partial charge in [-0.2, -0.15) is 15.8 Å². The Morgan fingerprint density at radius 3 is 2.11 bits per heavy atom. The molecule has 1 N–H and O–H groups in total. The minimum absolute atomic E-state index is 0.0631. The van der Waals surface area contributed by atoms with Crippen LogP contribution in [0.15, 0.2) is 26.3 Å². The van der Waals surface area contributed by atoms with Gasteiger partial charge in [-0.25, -0.2) is 0 Å². The highest BCUT2D eigenvalue weighted by Crippen LogP contribution is 2.35.